The van der Waals surface area contributed by atoms with Crippen molar-refractivity contribution in [3.8, 4) is 0 Å². The van der Waals surface area contributed by atoms with Crippen molar-refractivity contribution in [2.75, 3.05) is 13.2 Å². The van der Waals surface area contributed by atoms with Gasteiger partial charge in [0.05, 0.1) is 19.6 Å². The van der Waals surface area contributed by atoms with Crippen molar-refractivity contribution in [2.24, 2.45) is 0 Å². The lowest BCUT2D eigenvalue weighted by molar-refractivity contribution is -0.744. The summed E-state index contributed by atoms with van der Waals surface area (Å²) in [7, 11) is 0. The van der Waals surface area contributed by atoms with Gasteiger partial charge in [0.1, 0.15) is 6.04 Å². The lowest BCUT2D eigenvalue weighted by Gasteiger charge is -2.19. The van der Waals surface area contributed by atoms with E-state index in [1.807, 2.05) is 0 Å². The van der Waals surface area contributed by atoms with Crippen LogP contribution in [-0.4, -0.2) is 24.3 Å². The third-order valence-electron chi connectivity index (χ3n) is 1.27. The highest BCUT2D eigenvalue weighted by molar-refractivity contribution is 4.55. The third kappa shape index (κ3) is 0.533. The highest BCUT2D eigenvalue weighted by Gasteiger charge is 2.18. The Morgan fingerprint density at radius 1 is 1.83 bits per heavy atom. The first kappa shape index (κ1) is 4.09. The molecule has 1 unspecified atom stereocenters. The van der Waals surface area contributed by atoms with Crippen LogP contribution in [0.5, 0.6) is 0 Å². The van der Waals surface area contributed by atoms with Crippen molar-refractivity contribution in [2.45, 2.75) is 12.5 Å². The molecule has 0 amide bonds. The molecule has 36 valence electrons. The predicted octanol–water partition coefficient (Wildman–Crippen LogP) is -1.69. The molecule has 1 aliphatic rings. The molecule has 1 heterocycles. The van der Waals surface area contributed by atoms with Gasteiger partial charge in [-0.25, -0.2) is 0 Å². The lowest BCUT2D eigenvalue weighted by Crippen LogP contribution is -2.99. The van der Waals surface area contributed by atoms with Crippen LogP contribution >= 0.6 is 0 Å². The van der Waals surface area contributed by atoms with E-state index in [9.17, 15) is 0 Å². The number of hydrogen-bond acceptors (Lipinski definition) is 1. The van der Waals surface area contributed by atoms with Crippen LogP contribution in [0.1, 0.15) is 6.42 Å². The van der Waals surface area contributed by atoms with Crippen molar-refractivity contribution >= 4 is 0 Å². The molecule has 0 bridgehead atoms. The Kier molecular flexibility index (Phi) is 1.08. The van der Waals surface area contributed by atoms with Gasteiger partial charge in [-0.15, -0.1) is 0 Å². The summed E-state index contributed by atoms with van der Waals surface area (Å²) in [6.07, 6.45) is 1.20. The van der Waals surface area contributed by atoms with Crippen LogP contribution in [0.3, 0.4) is 0 Å². The fourth-order valence-corrected chi connectivity index (χ4v) is 0.568. The second-order valence-corrected chi connectivity index (χ2v) is 1.76. The molecule has 1 saturated heterocycles. The molecule has 0 saturated carbocycles. The molecule has 3 N–H and O–H groups in total. The minimum atomic E-state index is 0.361. The average Bonchev–Trinajstić information content (AvgIpc) is 1.31. The zero-order valence-corrected chi connectivity index (χ0v) is 3.72. The van der Waals surface area contributed by atoms with E-state index in [1.54, 1.807) is 0 Å². The van der Waals surface area contributed by atoms with Crippen LogP contribution in [0.25, 0.3) is 0 Å². The summed E-state index contributed by atoms with van der Waals surface area (Å²) in [6, 6.07) is 0.546. The Morgan fingerprint density at radius 3 is 2.50 bits per heavy atom. The molecular formula is C4H10NO+. The van der Waals surface area contributed by atoms with Gasteiger partial charge in [-0.2, -0.15) is 0 Å². The van der Waals surface area contributed by atoms with E-state index in [2.05, 4.69) is 5.32 Å². The van der Waals surface area contributed by atoms with Gasteiger partial charge in [0.2, 0.25) is 0 Å². The summed E-state index contributed by atoms with van der Waals surface area (Å²) in [4.78, 5) is 0. The zero-order chi connectivity index (χ0) is 4.41. The van der Waals surface area contributed by atoms with E-state index < -0.39 is 0 Å². The maximum Gasteiger partial charge on any atom is 0.115 e. The third-order valence-corrected chi connectivity index (χ3v) is 1.27. The van der Waals surface area contributed by atoms with E-state index in [1.165, 1.54) is 13.0 Å². The van der Waals surface area contributed by atoms with Crippen LogP contribution < -0.4 is 5.32 Å². The first-order valence-corrected chi connectivity index (χ1v) is 2.37. The molecule has 1 atom stereocenters. The summed E-state index contributed by atoms with van der Waals surface area (Å²) in [5, 5.41) is 10.5. The summed E-state index contributed by atoms with van der Waals surface area (Å²) < 4.78 is 0. The Bertz CT molecular complexity index is 40.1. The van der Waals surface area contributed by atoms with E-state index in [4.69, 9.17) is 5.11 Å². The maximum absolute atomic E-state index is 8.35. The number of quaternary nitrogens is 1. The van der Waals surface area contributed by atoms with Gasteiger partial charge in [-0.3, -0.25) is 0 Å². The maximum atomic E-state index is 8.35. The normalized spacial score (nSPS) is 32.5. The Balaban J connectivity index is 2.01. The molecule has 0 spiro atoms. The summed E-state index contributed by atoms with van der Waals surface area (Å²) in [5.74, 6) is 0. The number of aliphatic hydroxyl groups is 1. The molecule has 1 fully saturated rings. The fraction of sp³-hybridized carbons (Fsp3) is 1.00. The van der Waals surface area contributed by atoms with Crippen molar-refractivity contribution in [1.29, 1.82) is 0 Å². The molecule has 2 nitrogen and oxygen atoms in total. The second kappa shape index (κ2) is 1.58. The van der Waals surface area contributed by atoms with Gasteiger partial charge in [0.25, 0.3) is 0 Å². The van der Waals surface area contributed by atoms with Gasteiger partial charge in [0.15, 0.2) is 0 Å². The summed E-state index contributed by atoms with van der Waals surface area (Å²) >= 11 is 0. The highest BCUT2D eigenvalue weighted by atomic mass is 16.3. The lowest BCUT2D eigenvalue weighted by atomic mass is 10.1. The van der Waals surface area contributed by atoms with E-state index in [0.717, 1.165) is 0 Å². The largest absolute Gasteiger partial charge is 0.390 e. The Morgan fingerprint density at radius 2 is 2.50 bits per heavy atom. The van der Waals surface area contributed by atoms with Crippen molar-refractivity contribution in [1.82, 2.24) is 0 Å². The molecule has 0 aliphatic carbocycles. The van der Waals surface area contributed by atoms with Crippen molar-refractivity contribution in [3.63, 3.8) is 0 Å². The van der Waals surface area contributed by atoms with Crippen LogP contribution in [0, 0.1) is 0 Å². The van der Waals surface area contributed by atoms with Crippen LogP contribution in [0.2, 0.25) is 0 Å². The molecule has 2 heteroatoms. The number of hydrogen-bond donors (Lipinski definition) is 2. The van der Waals surface area contributed by atoms with E-state index in [-0.39, 0.29) is 0 Å². The standard InChI is InChI=1S/C4H9NO/c6-3-4-1-2-5-4/h4-6H,1-3H2/p+1. The molecule has 0 aromatic rings. The van der Waals surface area contributed by atoms with Crippen LogP contribution in [0.15, 0.2) is 0 Å². The van der Waals surface area contributed by atoms with E-state index in [0.29, 0.717) is 12.6 Å². The smallest absolute Gasteiger partial charge is 0.115 e. The average molecular weight is 88.1 g/mol. The molecule has 1 rings (SSSR count). The first-order valence-electron chi connectivity index (χ1n) is 2.37. The van der Waals surface area contributed by atoms with Gasteiger partial charge in [-0.05, 0) is 0 Å². The summed E-state index contributed by atoms with van der Waals surface area (Å²) in [5.41, 5.74) is 0. The van der Waals surface area contributed by atoms with Crippen molar-refractivity contribution < 1.29 is 10.4 Å². The molecule has 1 aliphatic heterocycles. The Labute approximate surface area is 37.2 Å². The van der Waals surface area contributed by atoms with Gasteiger partial charge in [-0.1, -0.05) is 0 Å². The van der Waals surface area contributed by atoms with Crippen LogP contribution in [0.4, 0.5) is 0 Å². The fourth-order valence-electron chi connectivity index (χ4n) is 0.568. The first-order chi connectivity index (χ1) is 2.93. The van der Waals surface area contributed by atoms with Gasteiger partial charge >= 0.3 is 0 Å². The minimum absolute atomic E-state index is 0.361. The van der Waals surface area contributed by atoms with Crippen molar-refractivity contribution in [3.05, 3.63) is 0 Å². The van der Waals surface area contributed by atoms with Gasteiger partial charge < -0.3 is 10.4 Å². The number of nitrogens with two attached hydrogens (primary N) is 1. The predicted molar refractivity (Wildman–Crippen MR) is 22.3 cm³/mol. The second-order valence-electron chi connectivity index (χ2n) is 1.76. The van der Waals surface area contributed by atoms with Gasteiger partial charge in [0, 0.05) is 0 Å². The monoisotopic (exact) mass is 88.1 g/mol. The minimum Gasteiger partial charge on any atom is -0.390 e. The highest BCUT2D eigenvalue weighted by Crippen LogP contribution is 1.86. The number of rotatable bonds is 1. The number of aliphatic hydroxyl groups excluding tert-OH is 1. The Hall–Kier alpha value is -0.0800. The van der Waals surface area contributed by atoms with Crippen LogP contribution in [-0.2, 0) is 0 Å². The molecule has 6 heavy (non-hydrogen) atoms. The SMILES string of the molecule is OCC1CC[NH2+]1. The quantitative estimate of drug-likeness (QED) is 0.394. The summed E-state index contributed by atoms with van der Waals surface area (Å²) in [6.45, 7) is 1.57. The molecular weight excluding hydrogens is 78.0 g/mol. The topological polar surface area (TPSA) is 36.8 Å². The van der Waals surface area contributed by atoms with E-state index >= 15 is 0 Å². The zero-order valence-electron chi connectivity index (χ0n) is 3.72. The molecule has 0 aromatic heterocycles. The molecule has 0 radical (unpaired) electrons. The molecule has 0 aromatic carbocycles.